The molecule has 0 saturated carbocycles. The van der Waals surface area contributed by atoms with Crippen molar-refractivity contribution in [1.82, 2.24) is 10.3 Å². The third kappa shape index (κ3) is 5.82. The van der Waals surface area contributed by atoms with Gasteiger partial charge in [-0.1, -0.05) is 30.3 Å². The average molecular weight is 417 g/mol. The van der Waals surface area contributed by atoms with Crippen LogP contribution in [0.25, 0.3) is 10.9 Å². The normalized spacial score (nSPS) is 13.5. The molecule has 0 saturated heterocycles. The van der Waals surface area contributed by atoms with Crippen LogP contribution < -0.4 is 10.1 Å². The van der Waals surface area contributed by atoms with Crippen LogP contribution in [-0.4, -0.2) is 49.6 Å². The van der Waals surface area contributed by atoms with E-state index in [-0.39, 0.29) is 22.8 Å². The van der Waals surface area contributed by atoms with E-state index in [1.165, 1.54) is 11.5 Å². The van der Waals surface area contributed by atoms with E-state index in [1.54, 1.807) is 18.2 Å². The molecule has 7 heteroatoms. The minimum absolute atomic E-state index is 0.00199. The minimum Gasteiger partial charge on any atom is -0.489 e. The summed E-state index contributed by atoms with van der Waals surface area (Å²) in [6, 6.07) is 16.7. The maximum absolute atomic E-state index is 11.8. The van der Waals surface area contributed by atoms with Crippen molar-refractivity contribution in [2.75, 3.05) is 19.4 Å². The Labute approximate surface area is 171 Å². The third-order valence-corrected chi connectivity index (χ3v) is 5.85. The predicted molar refractivity (Wildman–Crippen MR) is 115 cm³/mol. The summed E-state index contributed by atoms with van der Waals surface area (Å²) in [5.41, 5.74) is 1.99. The Balaban J connectivity index is 1.54. The Kier molecular flexibility index (Phi) is 6.31. The Bertz CT molecular complexity index is 1040. The number of benzene rings is 2. The number of aromatic amines is 1. The molecule has 0 spiro atoms. The molecule has 1 heterocycles. The van der Waals surface area contributed by atoms with Crippen LogP contribution in [0.5, 0.6) is 5.75 Å². The first-order valence-corrected chi connectivity index (χ1v) is 11.4. The number of para-hydroxylation sites is 2. The molecule has 1 aromatic heterocycles. The lowest BCUT2D eigenvalue weighted by molar-refractivity contribution is 0.0973. The number of fused-ring (bicyclic) bond motifs is 1. The number of β-amino-alcohol motifs (C(OH)–C–C–N with tert-alkyl or cyclic N) is 1. The first-order valence-electron chi connectivity index (χ1n) is 9.56. The van der Waals surface area contributed by atoms with E-state index in [0.717, 1.165) is 23.9 Å². The number of nitrogens with one attached hydrogen (secondary N) is 2. The van der Waals surface area contributed by atoms with Crippen molar-refractivity contribution in [1.29, 1.82) is 0 Å². The monoisotopic (exact) mass is 416 g/mol. The second kappa shape index (κ2) is 8.57. The molecular formula is C22H28N2O4S. The molecule has 2 aromatic carbocycles. The van der Waals surface area contributed by atoms with Gasteiger partial charge in [-0.25, -0.2) is 8.42 Å². The van der Waals surface area contributed by atoms with Gasteiger partial charge in [-0.05, 0) is 43.5 Å². The van der Waals surface area contributed by atoms with Gasteiger partial charge in [0.05, 0.1) is 0 Å². The highest BCUT2D eigenvalue weighted by atomic mass is 32.2. The SMILES string of the molecule is CC(C)(Cc1cc2ccccc2[nH]1)NCC(O)COc1ccccc1S(C)(=O)=O. The lowest BCUT2D eigenvalue weighted by Gasteiger charge is -2.27. The molecule has 3 rings (SSSR count). The van der Waals surface area contributed by atoms with Crippen LogP contribution in [0.4, 0.5) is 0 Å². The fourth-order valence-corrected chi connectivity index (χ4v) is 4.10. The van der Waals surface area contributed by atoms with Crippen LogP contribution in [0, 0.1) is 0 Å². The lowest BCUT2D eigenvalue weighted by Crippen LogP contribution is -2.46. The Morgan fingerprint density at radius 3 is 2.55 bits per heavy atom. The zero-order valence-electron chi connectivity index (χ0n) is 17.0. The van der Waals surface area contributed by atoms with Crippen LogP contribution in [-0.2, 0) is 16.3 Å². The summed E-state index contributed by atoms with van der Waals surface area (Å²) in [6.07, 6.45) is 1.14. The van der Waals surface area contributed by atoms with Gasteiger partial charge in [0.15, 0.2) is 9.84 Å². The molecule has 3 N–H and O–H groups in total. The number of sulfone groups is 1. The Morgan fingerprint density at radius 1 is 1.14 bits per heavy atom. The van der Waals surface area contributed by atoms with Gasteiger partial charge >= 0.3 is 0 Å². The number of ether oxygens (including phenoxy) is 1. The van der Waals surface area contributed by atoms with E-state index < -0.39 is 15.9 Å². The molecule has 0 aliphatic rings. The largest absolute Gasteiger partial charge is 0.489 e. The van der Waals surface area contributed by atoms with Crippen molar-refractivity contribution >= 4 is 20.7 Å². The number of aliphatic hydroxyl groups excluding tert-OH is 1. The summed E-state index contributed by atoms with van der Waals surface area (Å²) < 4.78 is 29.2. The van der Waals surface area contributed by atoms with Crippen LogP contribution >= 0.6 is 0 Å². The highest BCUT2D eigenvalue weighted by molar-refractivity contribution is 7.90. The highest BCUT2D eigenvalue weighted by Crippen LogP contribution is 2.23. The molecule has 6 nitrogen and oxygen atoms in total. The van der Waals surface area contributed by atoms with Crippen molar-refractivity contribution in [2.45, 2.75) is 36.8 Å². The summed E-state index contributed by atoms with van der Waals surface area (Å²) in [7, 11) is -3.39. The number of aromatic nitrogens is 1. The number of rotatable bonds is 9. The molecule has 0 amide bonds. The molecule has 0 bridgehead atoms. The van der Waals surface area contributed by atoms with E-state index in [0.29, 0.717) is 6.54 Å². The van der Waals surface area contributed by atoms with E-state index in [1.807, 2.05) is 12.1 Å². The summed E-state index contributed by atoms with van der Waals surface area (Å²) >= 11 is 0. The fraction of sp³-hybridized carbons (Fsp3) is 0.364. The van der Waals surface area contributed by atoms with Gasteiger partial charge in [-0.2, -0.15) is 0 Å². The Hall–Kier alpha value is -2.35. The quantitative estimate of drug-likeness (QED) is 0.499. The summed E-state index contributed by atoms with van der Waals surface area (Å²) in [4.78, 5) is 3.55. The van der Waals surface area contributed by atoms with Crippen LogP contribution in [0.1, 0.15) is 19.5 Å². The second-order valence-corrected chi connectivity index (χ2v) is 9.99. The van der Waals surface area contributed by atoms with Crippen molar-refractivity contribution < 1.29 is 18.3 Å². The van der Waals surface area contributed by atoms with Crippen LogP contribution in [0.15, 0.2) is 59.5 Å². The molecule has 29 heavy (non-hydrogen) atoms. The molecule has 0 fully saturated rings. The van der Waals surface area contributed by atoms with Crippen molar-refractivity contribution in [3.8, 4) is 5.75 Å². The topological polar surface area (TPSA) is 91.4 Å². The third-order valence-electron chi connectivity index (χ3n) is 4.71. The number of H-pyrrole nitrogens is 1. The first-order chi connectivity index (χ1) is 13.6. The molecular weight excluding hydrogens is 388 g/mol. The zero-order chi connectivity index (χ0) is 21.1. The van der Waals surface area contributed by atoms with E-state index in [4.69, 9.17) is 4.74 Å². The lowest BCUT2D eigenvalue weighted by atomic mass is 9.98. The van der Waals surface area contributed by atoms with Gasteiger partial charge < -0.3 is 20.1 Å². The van der Waals surface area contributed by atoms with Gasteiger partial charge in [-0.3, -0.25) is 0 Å². The van der Waals surface area contributed by atoms with Crippen LogP contribution in [0.3, 0.4) is 0 Å². The average Bonchev–Trinajstić information content (AvgIpc) is 3.05. The molecule has 3 aromatic rings. The molecule has 156 valence electrons. The van der Waals surface area contributed by atoms with Gasteiger partial charge in [0.25, 0.3) is 0 Å². The van der Waals surface area contributed by atoms with Crippen LogP contribution in [0.2, 0.25) is 0 Å². The standard InChI is InChI=1S/C22H28N2O4S/c1-22(2,13-17-12-16-8-4-5-9-19(16)24-17)23-14-18(25)15-28-20-10-6-7-11-21(20)29(3,26)27/h4-12,18,23-25H,13-15H2,1-3H3. The van der Waals surface area contributed by atoms with E-state index in [9.17, 15) is 13.5 Å². The van der Waals surface area contributed by atoms with Gasteiger partial charge in [0, 0.05) is 36.0 Å². The molecule has 0 aliphatic carbocycles. The maximum Gasteiger partial charge on any atom is 0.179 e. The first kappa shape index (κ1) is 21.4. The smallest absolute Gasteiger partial charge is 0.179 e. The van der Waals surface area contributed by atoms with Gasteiger partial charge in [-0.15, -0.1) is 0 Å². The van der Waals surface area contributed by atoms with Gasteiger partial charge in [0.2, 0.25) is 0 Å². The van der Waals surface area contributed by atoms with E-state index >= 15 is 0 Å². The highest BCUT2D eigenvalue weighted by Gasteiger charge is 2.21. The van der Waals surface area contributed by atoms with E-state index in [2.05, 4.69) is 42.3 Å². The predicted octanol–water partition coefficient (Wildman–Crippen LogP) is 2.92. The molecule has 1 atom stereocenters. The van der Waals surface area contributed by atoms with Gasteiger partial charge in [0.1, 0.15) is 23.4 Å². The summed E-state index contributed by atoms with van der Waals surface area (Å²) in [6.45, 7) is 4.48. The van der Waals surface area contributed by atoms with Crippen molar-refractivity contribution in [3.63, 3.8) is 0 Å². The second-order valence-electron chi connectivity index (χ2n) is 8.01. The van der Waals surface area contributed by atoms with Crippen molar-refractivity contribution in [2.24, 2.45) is 0 Å². The number of hydrogen-bond donors (Lipinski definition) is 3. The number of aliphatic hydroxyl groups is 1. The zero-order valence-corrected chi connectivity index (χ0v) is 17.8. The fourth-order valence-electron chi connectivity index (χ4n) is 3.28. The summed E-state index contributed by atoms with van der Waals surface area (Å²) in [5, 5.41) is 14.8. The molecule has 1 unspecified atom stereocenters. The summed E-state index contributed by atoms with van der Waals surface area (Å²) in [5.74, 6) is 0.256. The minimum atomic E-state index is -3.39. The van der Waals surface area contributed by atoms with Crippen molar-refractivity contribution in [3.05, 3.63) is 60.3 Å². The maximum atomic E-state index is 11.8. The number of hydrogen-bond acceptors (Lipinski definition) is 5. The molecule has 0 aliphatic heterocycles. The molecule has 0 radical (unpaired) electrons. The Morgan fingerprint density at radius 2 is 1.83 bits per heavy atom.